The van der Waals surface area contributed by atoms with E-state index in [1.54, 1.807) is 11.8 Å². The first-order chi connectivity index (χ1) is 10.0. The van der Waals surface area contributed by atoms with Crippen LogP contribution in [0.4, 0.5) is 0 Å². The second-order valence-corrected chi connectivity index (χ2v) is 5.94. The fourth-order valence-electron chi connectivity index (χ4n) is 2.20. The number of thioether (sulfide) groups is 1. The molecule has 0 aliphatic heterocycles. The van der Waals surface area contributed by atoms with E-state index in [-0.39, 0.29) is 5.84 Å². The summed E-state index contributed by atoms with van der Waals surface area (Å²) in [6.45, 7) is 5.92. The van der Waals surface area contributed by atoms with E-state index in [9.17, 15) is 0 Å². The van der Waals surface area contributed by atoms with E-state index in [2.05, 4.69) is 29.2 Å². The Morgan fingerprint density at radius 3 is 2.67 bits per heavy atom. The van der Waals surface area contributed by atoms with Gasteiger partial charge < -0.3 is 10.9 Å². The van der Waals surface area contributed by atoms with Crippen molar-refractivity contribution >= 4 is 17.6 Å². The monoisotopic (exact) mass is 301 g/mol. The summed E-state index contributed by atoms with van der Waals surface area (Å²) < 4.78 is 0. The summed E-state index contributed by atoms with van der Waals surface area (Å²) in [7, 11) is 0. The van der Waals surface area contributed by atoms with Gasteiger partial charge in [0.1, 0.15) is 0 Å². The van der Waals surface area contributed by atoms with Gasteiger partial charge in [-0.25, -0.2) is 0 Å². The van der Waals surface area contributed by atoms with Gasteiger partial charge in [0.15, 0.2) is 5.84 Å². The average molecular weight is 301 g/mol. The molecule has 1 aromatic heterocycles. The molecule has 3 N–H and O–H groups in total. The summed E-state index contributed by atoms with van der Waals surface area (Å²) in [6, 6.07) is 10.3. The maximum Gasteiger partial charge on any atom is 0.173 e. The first-order valence-electron chi connectivity index (χ1n) is 6.66. The van der Waals surface area contributed by atoms with Crippen molar-refractivity contribution in [1.29, 1.82) is 0 Å². The van der Waals surface area contributed by atoms with Crippen molar-refractivity contribution in [3.8, 4) is 0 Å². The van der Waals surface area contributed by atoms with Crippen LogP contribution in [0.1, 0.15) is 28.1 Å². The molecule has 1 heterocycles. The molecule has 1 aromatic carbocycles. The van der Waals surface area contributed by atoms with Gasteiger partial charge in [0, 0.05) is 22.0 Å². The lowest BCUT2D eigenvalue weighted by molar-refractivity contribution is 0.318. The number of oxime groups is 1. The van der Waals surface area contributed by atoms with E-state index in [0.29, 0.717) is 5.56 Å². The number of pyridine rings is 1. The number of aromatic nitrogens is 1. The van der Waals surface area contributed by atoms with E-state index in [0.717, 1.165) is 22.0 Å². The standard InChI is InChI=1S/C16H19N3OS/c1-10-6-4-5-7-13(10)9-21-14-8-11(2)18-12(3)15(14)16(17)19-20/h4-8,20H,9H2,1-3H3,(H2,17,19). The Hall–Kier alpha value is -2.01. The summed E-state index contributed by atoms with van der Waals surface area (Å²) in [5.74, 6) is 0.939. The SMILES string of the molecule is Cc1cc(SCc2ccccc2C)c(/C(N)=N/O)c(C)n1. The molecule has 0 radical (unpaired) electrons. The van der Waals surface area contributed by atoms with Crippen LogP contribution >= 0.6 is 11.8 Å². The largest absolute Gasteiger partial charge is 0.409 e. The minimum atomic E-state index is 0.104. The fraction of sp³-hybridized carbons (Fsp3) is 0.250. The number of nitrogens with zero attached hydrogens (tertiary/aromatic N) is 2. The Labute approximate surface area is 129 Å². The van der Waals surface area contributed by atoms with E-state index in [1.165, 1.54) is 11.1 Å². The molecule has 0 saturated carbocycles. The molecule has 0 bridgehead atoms. The van der Waals surface area contributed by atoms with Gasteiger partial charge in [-0.15, -0.1) is 11.8 Å². The van der Waals surface area contributed by atoms with E-state index in [1.807, 2.05) is 32.0 Å². The summed E-state index contributed by atoms with van der Waals surface area (Å²) in [5, 5.41) is 12.1. The van der Waals surface area contributed by atoms with Gasteiger partial charge in [-0.05, 0) is 38.0 Å². The highest BCUT2D eigenvalue weighted by Gasteiger charge is 2.13. The van der Waals surface area contributed by atoms with E-state index >= 15 is 0 Å². The Morgan fingerprint density at radius 1 is 1.29 bits per heavy atom. The first kappa shape index (κ1) is 15.4. The molecule has 5 heteroatoms. The molecule has 4 nitrogen and oxygen atoms in total. The maximum atomic E-state index is 8.96. The molecule has 110 valence electrons. The lowest BCUT2D eigenvalue weighted by atomic mass is 10.1. The number of rotatable bonds is 4. The highest BCUT2D eigenvalue weighted by molar-refractivity contribution is 7.98. The highest BCUT2D eigenvalue weighted by Crippen LogP contribution is 2.29. The number of hydrogen-bond acceptors (Lipinski definition) is 4. The minimum Gasteiger partial charge on any atom is -0.409 e. The van der Waals surface area contributed by atoms with Crippen LogP contribution in [0, 0.1) is 20.8 Å². The zero-order valence-electron chi connectivity index (χ0n) is 12.4. The van der Waals surface area contributed by atoms with Crippen molar-refractivity contribution in [1.82, 2.24) is 4.98 Å². The lowest BCUT2D eigenvalue weighted by Gasteiger charge is -2.12. The predicted octanol–water partition coefficient (Wildman–Crippen LogP) is 3.39. The Kier molecular flexibility index (Phi) is 4.85. The Bertz CT molecular complexity index is 683. The summed E-state index contributed by atoms with van der Waals surface area (Å²) in [5.41, 5.74) is 10.7. The van der Waals surface area contributed by atoms with Crippen LogP contribution in [-0.2, 0) is 5.75 Å². The van der Waals surface area contributed by atoms with Gasteiger partial charge in [0.05, 0.1) is 5.56 Å². The molecule has 2 rings (SSSR count). The second kappa shape index (κ2) is 6.63. The molecule has 0 atom stereocenters. The zero-order valence-corrected chi connectivity index (χ0v) is 13.2. The Morgan fingerprint density at radius 2 is 2.00 bits per heavy atom. The van der Waals surface area contributed by atoms with Crippen molar-refractivity contribution in [3.63, 3.8) is 0 Å². The molecule has 0 fully saturated rings. The molecule has 2 aromatic rings. The topological polar surface area (TPSA) is 71.5 Å². The summed E-state index contributed by atoms with van der Waals surface area (Å²) in [4.78, 5) is 5.38. The van der Waals surface area contributed by atoms with E-state index in [4.69, 9.17) is 10.9 Å². The molecule has 0 amide bonds. The third kappa shape index (κ3) is 3.55. The van der Waals surface area contributed by atoms with Crippen molar-refractivity contribution in [2.75, 3.05) is 0 Å². The molecule has 0 aliphatic rings. The molecule has 21 heavy (non-hydrogen) atoms. The van der Waals surface area contributed by atoms with Gasteiger partial charge >= 0.3 is 0 Å². The van der Waals surface area contributed by atoms with Crippen LogP contribution in [0.3, 0.4) is 0 Å². The first-order valence-corrected chi connectivity index (χ1v) is 7.65. The minimum absolute atomic E-state index is 0.104. The molecular formula is C16H19N3OS. The van der Waals surface area contributed by atoms with Crippen LogP contribution < -0.4 is 5.73 Å². The predicted molar refractivity (Wildman–Crippen MR) is 87.0 cm³/mol. The van der Waals surface area contributed by atoms with Gasteiger partial charge in [0.25, 0.3) is 0 Å². The van der Waals surface area contributed by atoms with Crippen molar-refractivity contribution < 1.29 is 5.21 Å². The van der Waals surface area contributed by atoms with Crippen LogP contribution in [0.25, 0.3) is 0 Å². The maximum absolute atomic E-state index is 8.96. The average Bonchev–Trinajstić information content (AvgIpc) is 2.45. The zero-order chi connectivity index (χ0) is 15.4. The van der Waals surface area contributed by atoms with Crippen LogP contribution in [-0.4, -0.2) is 16.0 Å². The van der Waals surface area contributed by atoms with E-state index < -0.39 is 0 Å². The van der Waals surface area contributed by atoms with Gasteiger partial charge in [-0.3, -0.25) is 4.98 Å². The summed E-state index contributed by atoms with van der Waals surface area (Å²) in [6.07, 6.45) is 0. The molecule has 0 aliphatic carbocycles. The van der Waals surface area contributed by atoms with Crippen LogP contribution in [0.15, 0.2) is 40.4 Å². The third-order valence-electron chi connectivity index (χ3n) is 3.30. The molecule has 0 saturated heterocycles. The van der Waals surface area contributed by atoms with Gasteiger partial charge in [0.2, 0.25) is 0 Å². The number of hydrogen-bond donors (Lipinski definition) is 2. The van der Waals surface area contributed by atoms with Gasteiger partial charge in [-0.1, -0.05) is 29.4 Å². The number of aryl methyl sites for hydroxylation is 3. The van der Waals surface area contributed by atoms with Crippen molar-refractivity contribution in [2.45, 2.75) is 31.4 Å². The second-order valence-electron chi connectivity index (χ2n) is 4.92. The van der Waals surface area contributed by atoms with Crippen LogP contribution in [0.5, 0.6) is 0 Å². The Balaban J connectivity index is 2.33. The number of amidine groups is 1. The summed E-state index contributed by atoms with van der Waals surface area (Å²) >= 11 is 1.67. The van der Waals surface area contributed by atoms with Crippen molar-refractivity contribution in [2.24, 2.45) is 10.9 Å². The molecule has 0 spiro atoms. The molecule has 0 unspecified atom stereocenters. The normalized spacial score (nSPS) is 11.7. The smallest absolute Gasteiger partial charge is 0.173 e. The van der Waals surface area contributed by atoms with Crippen LogP contribution in [0.2, 0.25) is 0 Å². The number of nitrogens with two attached hydrogens (primary N) is 1. The van der Waals surface area contributed by atoms with Crippen molar-refractivity contribution in [3.05, 3.63) is 58.4 Å². The third-order valence-corrected chi connectivity index (χ3v) is 4.39. The van der Waals surface area contributed by atoms with Gasteiger partial charge in [-0.2, -0.15) is 0 Å². The lowest BCUT2D eigenvalue weighted by Crippen LogP contribution is -2.17. The quantitative estimate of drug-likeness (QED) is 0.298. The number of benzene rings is 1. The highest BCUT2D eigenvalue weighted by atomic mass is 32.2. The fourth-order valence-corrected chi connectivity index (χ4v) is 3.48. The molecular weight excluding hydrogens is 282 g/mol.